The van der Waals surface area contributed by atoms with E-state index in [9.17, 15) is 0 Å². The van der Waals surface area contributed by atoms with E-state index in [0.29, 0.717) is 0 Å². The molecule has 0 aliphatic rings. The zero-order chi connectivity index (χ0) is 9.68. The molecule has 0 heterocycles. The third-order valence-corrected chi connectivity index (χ3v) is 2.85. The fourth-order valence-corrected chi connectivity index (χ4v) is 1.67. The van der Waals surface area contributed by atoms with E-state index in [2.05, 4.69) is 15.9 Å². The van der Waals surface area contributed by atoms with Crippen molar-refractivity contribution in [3.05, 3.63) is 34.3 Å². The number of rotatable bonds is 4. The third-order valence-electron chi connectivity index (χ3n) is 1.85. The lowest BCUT2D eigenvalue weighted by molar-refractivity contribution is 0.284. The molecule has 0 aliphatic carbocycles. The number of halogens is 2. The molecule has 1 N–H and O–H groups in total. The fraction of sp³-hybridized carbons (Fsp3) is 0.400. The van der Waals surface area contributed by atoms with Crippen molar-refractivity contribution in [1.29, 1.82) is 0 Å². The van der Waals surface area contributed by atoms with Gasteiger partial charge in [-0.2, -0.15) is 0 Å². The Morgan fingerprint density at radius 2 is 1.92 bits per heavy atom. The summed E-state index contributed by atoms with van der Waals surface area (Å²) in [5.41, 5.74) is 1.11. The molecule has 0 aromatic heterocycles. The minimum atomic E-state index is 0.0141. The van der Waals surface area contributed by atoms with Gasteiger partial charge in [0.2, 0.25) is 0 Å². The van der Waals surface area contributed by atoms with Gasteiger partial charge < -0.3 is 5.11 Å². The highest BCUT2D eigenvalue weighted by molar-refractivity contribution is 9.10. The molecule has 0 radical (unpaired) electrons. The monoisotopic (exact) mass is 262 g/mol. The molecular formula is C10H12BrClO. The smallest absolute Gasteiger partial charge is 0.0586 e. The maximum absolute atomic E-state index is 8.64. The van der Waals surface area contributed by atoms with Crippen LogP contribution in [0.3, 0.4) is 0 Å². The molecule has 0 amide bonds. The first-order valence-corrected chi connectivity index (χ1v) is 5.47. The van der Waals surface area contributed by atoms with E-state index in [-0.39, 0.29) is 12.0 Å². The molecular weight excluding hydrogens is 251 g/mol. The SMILES string of the molecule is OCCC[C@H](Cl)c1ccc(Br)cc1. The van der Waals surface area contributed by atoms with Crippen molar-refractivity contribution in [1.82, 2.24) is 0 Å². The number of hydrogen-bond acceptors (Lipinski definition) is 1. The van der Waals surface area contributed by atoms with Crippen molar-refractivity contribution in [3.8, 4) is 0 Å². The molecule has 0 aliphatic heterocycles. The van der Waals surface area contributed by atoms with Gasteiger partial charge in [0.15, 0.2) is 0 Å². The number of hydrogen-bond donors (Lipinski definition) is 1. The fourth-order valence-electron chi connectivity index (χ4n) is 1.11. The molecule has 0 fully saturated rings. The van der Waals surface area contributed by atoms with Crippen molar-refractivity contribution >= 4 is 27.5 Å². The molecule has 1 atom stereocenters. The maximum atomic E-state index is 8.64. The van der Waals surface area contributed by atoms with E-state index < -0.39 is 0 Å². The second kappa shape index (κ2) is 5.63. The van der Waals surface area contributed by atoms with Crippen molar-refractivity contribution in [2.24, 2.45) is 0 Å². The summed E-state index contributed by atoms with van der Waals surface area (Å²) in [6.07, 6.45) is 1.57. The average molecular weight is 264 g/mol. The lowest BCUT2D eigenvalue weighted by Crippen LogP contribution is -1.92. The summed E-state index contributed by atoms with van der Waals surface area (Å²) >= 11 is 9.48. The first-order chi connectivity index (χ1) is 6.24. The van der Waals surface area contributed by atoms with Gasteiger partial charge in [-0.1, -0.05) is 28.1 Å². The molecule has 0 unspecified atom stereocenters. The predicted molar refractivity (Wildman–Crippen MR) is 59.1 cm³/mol. The summed E-state index contributed by atoms with van der Waals surface area (Å²) in [7, 11) is 0. The van der Waals surface area contributed by atoms with E-state index in [1.54, 1.807) is 0 Å². The molecule has 72 valence electrons. The first-order valence-electron chi connectivity index (χ1n) is 4.24. The Hall–Kier alpha value is -0.0500. The normalized spacial score (nSPS) is 12.8. The van der Waals surface area contributed by atoms with Crippen molar-refractivity contribution in [2.75, 3.05) is 6.61 Å². The average Bonchev–Trinajstić information content (AvgIpc) is 2.15. The van der Waals surface area contributed by atoms with Gasteiger partial charge in [0.05, 0.1) is 5.38 Å². The van der Waals surface area contributed by atoms with Crippen LogP contribution in [0.25, 0.3) is 0 Å². The molecule has 1 nitrogen and oxygen atoms in total. The van der Waals surface area contributed by atoms with Crippen LogP contribution in [-0.4, -0.2) is 11.7 Å². The number of aliphatic hydroxyl groups is 1. The number of benzene rings is 1. The van der Waals surface area contributed by atoms with Crippen LogP contribution >= 0.6 is 27.5 Å². The van der Waals surface area contributed by atoms with Gasteiger partial charge in [0.1, 0.15) is 0 Å². The van der Waals surface area contributed by atoms with Crippen LogP contribution in [0.15, 0.2) is 28.7 Å². The molecule has 3 heteroatoms. The van der Waals surface area contributed by atoms with Crippen LogP contribution in [0, 0.1) is 0 Å². The van der Waals surface area contributed by atoms with E-state index in [0.717, 1.165) is 22.9 Å². The van der Waals surface area contributed by atoms with Crippen LogP contribution in [0.1, 0.15) is 23.8 Å². The standard InChI is InChI=1S/C10H12BrClO/c11-9-5-3-8(4-6-9)10(12)2-1-7-13/h3-6,10,13H,1-2,7H2/t10-/m0/s1. The van der Waals surface area contributed by atoms with Crippen LogP contribution in [0.2, 0.25) is 0 Å². The predicted octanol–water partition coefficient (Wildman–Crippen LogP) is 3.50. The van der Waals surface area contributed by atoms with E-state index >= 15 is 0 Å². The Labute approximate surface area is 91.9 Å². The molecule has 1 aromatic rings. The molecule has 1 rings (SSSR count). The summed E-state index contributed by atoms with van der Waals surface area (Å²) in [5, 5.41) is 8.65. The quantitative estimate of drug-likeness (QED) is 0.824. The molecule has 0 saturated heterocycles. The Morgan fingerprint density at radius 1 is 1.31 bits per heavy atom. The Kier molecular flexibility index (Phi) is 4.78. The molecule has 13 heavy (non-hydrogen) atoms. The van der Waals surface area contributed by atoms with Crippen molar-refractivity contribution in [2.45, 2.75) is 18.2 Å². The highest BCUT2D eigenvalue weighted by Crippen LogP contribution is 2.26. The highest BCUT2D eigenvalue weighted by Gasteiger charge is 2.06. The summed E-state index contributed by atoms with van der Waals surface area (Å²) < 4.78 is 1.06. The Bertz CT molecular complexity index is 248. The van der Waals surface area contributed by atoms with Crippen LogP contribution in [-0.2, 0) is 0 Å². The van der Waals surface area contributed by atoms with Gasteiger partial charge in [-0.3, -0.25) is 0 Å². The zero-order valence-corrected chi connectivity index (χ0v) is 9.55. The Morgan fingerprint density at radius 3 is 2.46 bits per heavy atom. The topological polar surface area (TPSA) is 20.2 Å². The zero-order valence-electron chi connectivity index (χ0n) is 7.21. The summed E-state index contributed by atoms with van der Waals surface area (Å²) in [5.74, 6) is 0. The minimum Gasteiger partial charge on any atom is -0.396 e. The largest absolute Gasteiger partial charge is 0.396 e. The van der Waals surface area contributed by atoms with Gasteiger partial charge in [-0.15, -0.1) is 11.6 Å². The maximum Gasteiger partial charge on any atom is 0.0586 e. The van der Waals surface area contributed by atoms with Gasteiger partial charge in [0, 0.05) is 11.1 Å². The van der Waals surface area contributed by atoms with Gasteiger partial charge in [-0.05, 0) is 30.5 Å². The lowest BCUT2D eigenvalue weighted by Gasteiger charge is -2.08. The van der Waals surface area contributed by atoms with Crippen molar-refractivity contribution in [3.63, 3.8) is 0 Å². The molecule has 0 spiro atoms. The van der Waals surface area contributed by atoms with E-state index in [1.807, 2.05) is 24.3 Å². The second-order valence-electron chi connectivity index (χ2n) is 2.88. The number of aliphatic hydroxyl groups excluding tert-OH is 1. The number of alkyl halides is 1. The summed E-state index contributed by atoms with van der Waals surface area (Å²) in [4.78, 5) is 0. The molecule has 0 saturated carbocycles. The minimum absolute atomic E-state index is 0.0141. The lowest BCUT2D eigenvalue weighted by atomic mass is 10.1. The van der Waals surface area contributed by atoms with E-state index in [1.165, 1.54) is 0 Å². The summed E-state index contributed by atoms with van der Waals surface area (Å²) in [6.45, 7) is 0.208. The van der Waals surface area contributed by atoms with E-state index in [4.69, 9.17) is 16.7 Å². The van der Waals surface area contributed by atoms with Gasteiger partial charge in [0.25, 0.3) is 0 Å². The third kappa shape index (κ3) is 3.67. The first kappa shape index (κ1) is 11.0. The van der Waals surface area contributed by atoms with Crippen molar-refractivity contribution < 1.29 is 5.11 Å². The highest BCUT2D eigenvalue weighted by atomic mass is 79.9. The summed E-state index contributed by atoms with van der Waals surface area (Å²) in [6, 6.07) is 7.95. The molecule has 0 bridgehead atoms. The molecule has 1 aromatic carbocycles. The second-order valence-corrected chi connectivity index (χ2v) is 4.33. The van der Waals surface area contributed by atoms with Crippen LogP contribution < -0.4 is 0 Å². The van der Waals surface area contributed by atoms with Crippen LogP contribution in [0.4, 0.5) is 0 Å². The van der Waals surface area contributed by atoms with Crippen LogP contribution in [0.5, 0.6) is 0 Å². The Balaban J connectivity index is 2.55. The van der Waals surface area contributed by atoms with Gasteiger partial charge >= 0.3 is 0 Å². The van der Waals surface area contributed by atoms with Gasteiger partial charge in [-0.25, -0.2) is 0 Å².